The maximum Gasteiger partial charge on any atom is 0.132 e. The van der Waals surface area contributed by atoms with Crippen molar-refractivity contribution in [2.45, 2.75) is 56.4 Å². The average Bonchev–Trinajstić information content (AvgIpc) is 2.84. The van der Waals surface area contributed by atoms with E-state index in [1.165, 1.54) is 18.6 Å². The van der Waals surface area contributed by atoms with E-state index in [1.807, 2.05) is 18.7 Å². The lowest BCUT2D eigenvalue weighted by molar-refractivity contribution is -0.118. The fourth-order valence-electron chi connectivity index (χ4n) is 2.59. The van der Waals surface area contributed by atoms with E-state index in [9.17, 15) is 4.79 Å². The molecule has 0 bridgehead atoms. The number of fused-ring (bicyclic) bond motifs is 1. The number of ketones is 1. The van der Waals surface area contributed by atoms with Gasteiger partial charge in [0, 0.05) is 23.8 Å². The maximum atomic E-state index is 11.2. The van der Waals surface area contributed by atoms with Crippen molar-refractivity contribution in [3.05, 3.63) is 12.4 Å². The van der Waals surface area contributed by atoms with Crippen molar-refractivity contribution in [3.63, 3.8) is 0 Å². The first kappa shape index (κ1) is 12.8. The third-order valence-corrected chi connectivity index (χ3v) is 5.12. The van der Waals surface area contributed by atoms with Crippen LogP contribution in [0.3, 0.4) is 0 Å². The summed E-state index contributed by atoms with van der Waals surface area (Å²) >= 11 is 2.05. The normalized spacial score (nSPS) is 30.9. The lowest BCUT2D eigenvalue weighted by Gasteiger charge is -2.17. The second-order valence-electron chi connectivity index (χ2n) is 4.91. The number of carbonyl (C=O) groups is 1. The van der Waals surface area contributed by atoms with Gasteiger partial charge in [-0.1, -0.05) is 19.9 Å². The van der Waals surface area contributed by atoms with Gasteiger partial charge in [0.2, 0.25) is 0 Å². The second kappa shape index (κ2) is 5.80. The first-order chi connectivity index (χ1) is 8.20. The van der Waals surface area contributed by atoms with Gasteiger partial charge in [-0.15, -0.1) is 0 Å². The summed E-state index contributed by atoms with van der Waals surface area (Å²) in [5, 5.41) is 7.50. The molecule has 2 aliphatic rings. The van der Waals surface area contributed by atoms with Gasteiger partial charge in [0.1, 0.15) is 5.78 Å². The summed E-state index contributed by atoms with van der Waals surface area (Å²) in [6.07, 6.45) is 4.88. The van der Waals surface area contributed by atoms with Crippen LogP contribution >= 0.6 is 11.8 Å². The number of thioether (sulfide) groups is 1. The van der Waals surface area contributed by atoms with E-state index in [4.69, 9.17) is 0 Å². The van der Waals surface area contributed by atoms with Gasteiger partial charge in [0.25, 0.3) is 0 Å². The van der Waals surface area contributed by atoms with Crippen LogP contribution in [-0.4, -0.2) is 28.9 Å². The third kappa shape index (κ3) is 3.18. The number of Topliss-reactive ketones (excluding diaryl/α,β-unsaturated/α-hetero) is 1. The van der Waals surface area contributed by atoms with Gasteiger partial charge < -0.3 is 10.6 Å². The van der Waals surface area contributed by atoms with E-state index >= 15 is 0 Å². The Bertz CT molecular complexity index is 306. The van der Waals surface area contributed by atoms with Crippen LogP contribution in [0.4, 0.5) is 0 Å². The zero-order valence-corrected chi connectivity index (χ0v) is 11.3. The summed E-state index contributed by atoms with van der Waals surface area (Å²) in [5.41, 5.74) is 0. The molecule has 0 aliphatic carbocycles. The molecule has 2 unspecified atom stereocenters. The van der Waals surface area contributed by atoms with Gasteiger partial charge in [0.15, 0.2) is 0 Å². The first-order valence-electron chi connectivity index (χ1n) is 6.56. The van der Waals surface area contributed by atoms with Crippen molar-refractivity contribution in [3.8, 4) is 0 Å². The predicted molar refractivity (Wildman–Crippen MR) is 73.0 cm³/mol. The van der Waals surface area contributed by atoms with Crippen LogP contribution < -0.4 is 10.6 Å². The van der Waals surface area contributed by atoms with Gasteiger partial charge in [-0.25, -0.2) is 0 Å². The minimum absolute atomic E-state index is 0.399. The van der Waals surface area contributed by atoms with Crippen LogP contribution in [0, 0.1) is 0 Å². The molecule has 0 amide bonds. The number of carbonyl (C=O) groups excluding carboxylic acids is 1. The number of rotatable bonds is 6. The first-order valence-corrected chi connectivity index (χ1v) is 7.61. The van der Waals surface area contributed by atoms with E-state index < -0.39 is 0 Å². The molecule has 0 aromatic carbocycles. The van der Waals surface area contributed by atoms with E-state index in [0.29, 0.717) is 29.5 Å². The van der Waals surface area contributed by atoms with Gasteiger partial charge in [-0.05, 0) is 12.8 Å². The van der Waals surface area contributed by atoms with Gasteiger partial charge in [0.05, 0.1) is 17.9 Å². The molecule has 4 heteroatoms. The molecule has 3 atom stereocenters. The topological polar surface area (TPSA) is 41.1 Å². The van der Waals surface area contributed by atoms with Gasteiger partial charge >= 0.3 is 0 Å². The highest BCUT2D eigenvalue weighted by atomic mass is 32.2. The lowest BCUT2D eigenvalue weighted by atomic mass is 10.0. The molecule has 0 aromatic rings. The standard InChI is InChI=1S/C13H22N2OS/c1-3-10(16)6-4-5-7-12-13-11(8-17-12)14-9(2)15-13/h11-15H,2-8H2,1H3/t11?,12-,13?/m0/s1. The van der Waals surface area contributed by atoms with E-state index in [1.54, 1.807) is 0 Å². The Morgan fingerprint density at radius 3 is 3.06 bits per heavy atom. The van der Waals surface area contributed by atoms with Crippen LogP contribution in [0.2, 0.25) is 0 Å². The molecule has 0 saturated carbocycles. The number of unbranched alkanes of at least 4 members (excludes halogenated alkanes) is 1. The van der Waals surface area contributed by atoms with Gasteiger partial charge in [-0.2, -0.15) is 11.8 Å². The molecule has 2 heterocycles. The van der Waals surface area contributed by atoms with Crippen molar-refractivity contribution < 1.29 is 4.79 Å². The SMILES string of the molecule is C=C1NC2CS[C@@H](CCCCC(=O)CC)C2N1. The quantitative estimate of drug-likeness (QED) is 0.712. The highest BCUT2D eigenvalue weighted by Crippen LogP contribution is 2.34. The van der Waals surface area contributed by atoms with Crippen LogP contribution in [0.5, 0.6) is 0 Å². The molecule has 0 radical (unpaired) electrons. The molecule has 0 aromatic heterocycles. The Morgan fingerprint density at radius 1 is 1.47 bits per heavy atom. The van der Waals surface area contributed by atoms with Crippen LogP contribution in [-0.2, 0) is 4.79 Å². The van der Waals surface area contributed by atoms with E-state index in [2.05, 4.69) is 17.2 Å². The van der Waals surface area contributed by atoms with E-state index in [-0.39, 0.29) is 0 Å². The Hall–Kier alpha value is -0.640. The molecular weight excluding hydrogens is 232 g/mol. The average molecular weight is 254 g/mol. The molecule has 2 aliphatic heterocycles. The van der Waals surface area contributed by atoms with Crippen molar-refractivity contribution in [2.24, 2.45) is 0 Å². The van der Waals surface area contributed by atoms with Crippen LogP contribution in [0.15, 0.2) is 12.4 Å². The minimum Gasteiger partial charge on any atom is -0.367 e. The molecule has 2 N–H and O–H groups in total. The molecule has 17 heavy (non-hydrogen) atoms. The Balaban J connectivity index is 1.66. The minimum atomic E-state index is 0.399. The molecule has 0 spiro atoms. The Labute approximate surface area is 108 Å². The summed E-state index contributed by atoms with van der Waals surface area (Å²) < 4.78 is 0. The number of hydrogen-bond acceptors (Lipinski definition) is 4. The highest BCUT2D eigenvalue weighted by molar-refractivity contribution is 8.00. The molecule has 2 saturated heterocycles. The number of nitrogens with one attached hydrogen (secondary N) is 2. The van der Waals surface area contributed by atoms with Crippen molar-refractivity contribution in [2.75, 3.05) is 5.75 Å². The molecular formula is C13H22N2OS. The van der Waals surface area contributed by atoms with Gasteiger partial charge in [-0.3, -0.25) is 4.79 Å². The summed E-state index contributed by atoms with van der Waals surface area (Å²) in [6, 6.07) is 1.11. The highest BCUT2D eigenvalue weighted by Gasteiger charge is 2.40. The molecule has 2 fully saturated rings. The molecule has 3 nitrogen and oxygen atoms in total. The summed E-state index contributed by atoms with van der Waals surface area (Å²) in [6.45, 7) is 5.87. The Morgan fingerprint density at radius 2 is 2.29 bits per heavy atom. The monoisotopic (exact) mass is 254 g/mol. The third-order valence-electron chi connectivity index (χ3n) is 3.61. The molecule has 2 rings (SSSR count). The largest absolute Gasteiger partial charge is 0.367 e. The Kier molecular flexibility index (Phi) is 4.37. The number of hydrogen-bond donors (Lipinski definition) is 2. The van der Waals surface area contributed by atoms with E-state index in [0.717, 1.165) is 18.7 Å². The summed E-state index contributed by atoms with van der Waals surface area (Å²) in [7, 11) is 0. The summed E-state index contributed by atoms with van der Waals surface area (Å²) in [5.74, 6) is 2.55. The summed E-state index contributed by atoms with van der Waals surface area (Å²) in [4.78, 5) is 11.2. The predicted octanol–water partition coefficient (Wildman–Crippen LogP) is 2.04. The van der Waals surface area contributed by atoms with Crippen molar-refractivity contribution in [1.82, 2.24) is 10.6 Å². The zero-order chi connectivity index (χ0) is 12.3. The van der Waals surface area contributed by atoms with Crippen LogP contribution in [0.25, 0.3) is 0 Å². The fraction of sp³-hybridized carbons (Fsp3) is 0.769. The molecule has 96 valence electrons. The second-order valence-corrected chi connectivity index (χ2v) is 6.18. The van der Waals surface area contributed by atoms with Crippen LogP contribution in [0.1, 0.15) is 39.0 Å². The van der Waals surface area contributed by atoms with Crippen molar-refractivity contribution >= 4 is 17.5 Å². The fourth-order valence-corrected chi connectivity index (χ4v) is 4.14. The van der Waals surface area contributed by atoms with Crippen molar-refractivity contribution in [1.29, 1.82) is 0 Å². The maximum absolute atomic E-state index is 11.2. The smallest absolute Gasteiger partial charge is 0.132 e. The zero-order valence-electron chi connectivity index (χ0n) is 10.5. The lowest BCUT2D eigenvalue weighted by Crippen LogP contribution is -2.36.